The number of nitro benzene ring substituents is 1. The molecule has 0 unspecified atom stereocenters. The molecule has 1 fully saturated rings. The highest BCUT2D eigenvalue weighted by molar-refractivity contribution is 8.18. The number of benzene rings is 3. The van der Waals surface area contributed by atoms with Crippen LogP contribution in [0.2, 0.25) is 0 Å². The fourth-order valence-electron chi connectivity index (χ4n) is 3.66. The fraction of sp³-hybridized carbons (Fsp3) is 0.148. The first-order chi connectivity index (χ1) is 19.5. The van der Waals surface area contributed by atoms with E-state index in [4.69, 9.17) is 9.47 Å². The number of halogens is 3. The van der Waals surface area contributed by atoms with Gasteiger partial charge in [0.05, 0.1) is 22.0 Å². The topological polar surface area (TPSA) is 128 Å². The zero-order chi connectivity index (χ0) is 29.7. The Morgan fingerprint density at radius 3 is 2.44 bits per heavy atom. The van der Waals surface area contributed by atoms with Crippen LogP contribution in [0.4, 0.5) is 29.3 Å². The lowest BCUT2D eigenvalue weighted by atomic mass is 10.1. The number of hydrogen-bond acceptors (Lipinski definition) is 8. The largest absolute Gasteiger partial charge is 0.494 e. The summed E-state index contributed by atoms with van der Waals surface area (Å²) in [6, 6.07) is 14.3. The van der Waals surface area contributed by atoms with Crippen molar-refractivity contribution in [2.24, 2.45) is 0 Å². The highest BCUT2D eigenvalue weighted by Gasteiger charge is 2.37. The summed E-state index contributed by atoms with van der Waals surface area (Å²) in [6.45, 7) is 1.76. The molecule has 14 heteroatoms. The maximum atomic E-state index is 13.0. The summed E-state index contributed by atoms with van der Waals surface area (Å²) in [4.78, 5) is 49.1. The lowest BCUT2D eigenvalue weighted by Crippen LogP contribution is -2.36. The average molecular weight is 588 g/mol. The zero-order valence-corrected chi connectivity index (χ0v) is 22.0. The van der Waals surface area contributed by atoms with E-state index in [0.29, 0.717) is 41.9 Å². The second-order valence-electron chi connectivity index (χ2n) is 8.35. The van der Waals surface area contributed by atoms with E-state index >= 15 is 0 Å². The van der Waals surface area contributed by atoms with Crippen LogP contribution < -0.4 is 14.8 Å². The first-order valence-electron chi connectivity index (χ1n) is 11.9. The van der Waals surface area contributed by atoms with E-state index in [1.54, 1.807) is 30.3 Å². The molecule has 1 N–H and O–H groups in total. The number of carbonyl (C=O) groups excluding carboxylic acids is 3. The summed E-state index contributed by atoms with van der Waals surface area (Å²) in [6.07, 6.45) is -3.50. The number of thioether (sulfide) groups is 1. The summed E-state index contributed by atoms with van der Waals surface area (Å²) >= 11 is 0.573. The molecule has 1 saturated heterocycles. The number of carbonyl (C=O) groups is 3. The van der Waals surface area contributed by atoms with E-state index in [1.165, 1.54) is 24.3 Å². The molecule has 10 nitrogen and oxygen atoms in total. The number of alkyl halides is 3. The molecule has 212 valence electrons. The molecule has 0 saturated carbocycles. The van der Waals surface area contributed by atoms with Crippen molar-refractivity contribution in [3.8, 4) is 17.2 Å². The Bertz CT molecular complexity index is 1540. The van der Waals surface area contributed by atoms with Crippen molar-refractivity contribution in [1.29, 1.82) is 0 Å². The minimum atomic E-state index is -4.80. The van der Waals surface area contributed by atoms with Gasteiger partial charge in [0, 0.05) is 17.3 Å². The van der Waals surface area contributed by atoms with Gasteiger partial charge in [-0.2, -0.15) is 13.2 Å². The minimum absolute atomic E-state index is 0.0181. The minimum Gasteiger partial charge on any atom is -0.494 e. The molecule has 1 aliphatic heterocycles. The summed E-state index contributed by atoms with van der Waals surface area (Å²) in [5.74, 6) is -1.23. The van der Waals surface area contributed by atoms with Gasteiger partial charge >= 0.3 is 11.9 Å². The Kier molecular flexibility index (Phi) is 8.62. The number of para-hydroxylation sites is 1. The highest BCUT2D eigenvalue weighted by Crippen LogP contribution is 2.40. The van der Waals surface area contributed by atoms with Gasteiger partial charge in [-0.15, -0.1) is 0 Å². The molecule has 0 atom stereocenters. The molecule has 0 bridgehead atoms. The molecule has 1 aliphatic rings. The average Bonchev–Trinajstić information content (AvgIpc) is 3.17. The Labute approximate surface area is 234 Å². The number of rotatable bonds is 9. The third kappa shape index (κ3) is 7.03. The molecule has 3 amide bonds. The number of hydrogen-bond donors (Lipinski definition) is 1. The van der Waals surface area contributed by atoms with Crippen molar-refractivity contribution in [3.63, 3.8) is 0 Å². The van der Waals surface area contributed by atoms with Gasteiger partial charge in [-0.05, 0) is 67.2 Å². The van der Waals surface area contributed by atoms with Gasteiger partial charge in [-0.1, -0.05) is 18.2 Å². The number of imide groups is 1. The zero-order valence-electron chi connectivity index (χ0n) is 21.1. The number of nitrogens with zero attached hydrogens (tertiary/aromatic N) is 2. The predicted octanol–water partition coefficient (Wildman–Crippen LogP) is 6.48. The van der Waals surface area contributed by atoms with Crippen LogP contribution >= 0.6 is 11.8 Å². The molecule has 0 radical (unpaired) electrons. The third-order valence-corrected chi connectivity index (χ3v) is 6.44. The van der Waals surface area contributed by atoms with E-state index < -0.39 is 51.7 Å². The van der Waals surface area contributed by atoms with Crippen molar-refractivity contribution in [2.45, 2.75) is 13.1 Å². The Hall–Kier alpha value is -4.85. The Balaban J connectivity index is 1.51. The van der Waals surface area contributed by atoms with E-state index in [2.05, 4.69) is 5.32 Å². The number of amides is 3. The van der Waals surface area contributed by atoms with Crippen LogP contribution in [0, 0.1) is 10.1 Å². The van der Waals surface area contributed by atoms with E-state index in [0.717, 1.165) is 11.0 Å². The molecular formula is C27H20F3N3O7S. The molecule has 3 aromatic carbocycles. The molecule has 0 aromatic heterocycles. The normalized spacial score (nSPS) is 14.3. The molecule has 0 aliphatic carbocycles. The van der Waals surface area contributed by atoms with Gasteiger partial charge in [-0.3, -0.25) is 29.4 Å². The van der Waals surface area contributed by atoms with Crippen LogP contribution in [-0.2, 0) is 15.8 Å². The van der Waals surface area contributed by atoms with Crippen LogP contribution in [0.25, 0.3) is 6.08 Å². The van der Waals surface area contributed by atoms with Gasteiger partial charge < -0.3 is 14.8 Å². The van der Waals surface area contributed by atoms with Crippen molar-refractivity contribution >= 4 is 46.3 Å². The monoisotopic (exact) mass is 587 g/mol. The van der Waals surface area contributed by atoms with E-state index in [1.807, 2.05) is 6.92 Å². The molecule has 41 heavy (non-hydrogen) atoms. The summed E-state index contributed by atoms with van der Waals surface area (Å²) in [5, 5.41) is 13.3. The highest BCUT2D eigenvalue weighted by atomic mass is 32.2. The van der Waals surface area contributed by atoms with Gasteiger partial charge in [-0.25, -0.2) is 0 Å². The standard InChI is InChI=1S/C27H20F3N3O7S/c1-2-39-19-10-8-18(9-11-19)31-24(34)15-32-25(35)23(41-26(32)36)13-16-5-3-4-6-21(16)40-22-12-7-17(27(28,29)30)14-20(22)33(37)38/h3-14H,2,15H2,1H3,(H,31,34)/b23-13+. The van der Waals surface area contributed by atoms with Crippen LogP contribution in [0.5, 0.6) is 17.2 Å². The van der Waals surface area contributed by atoms with Gasteiger partial charge in [0.1, 0.15) is 18.0 Å². The molecule has 0 spiro atoms. The van der Waals surface area contributed by atoms with Gasteiger partial charge in [0.2, 0.25) is 11.7 Å². The number of anilines is 1. The summed E-state index contributed by atoms with van der Waals surface area (Å²) in [7, 11) is 0. The van der Waals surface area contributed by atoms with Crippen LogP contribution in [0.3, 0.4) is 0 Å². The molecule has 1 heterocycles. The SMILES string of the molecule is CCOc1ccc(NC(=O)CN2C(=O)S/C(=C/c3ccccc3Oc3ccc(C(F)(F)F)cc3[N+](=O)[O-])C2=O)cc1. The number of nitrogens with one attached hydrogen (secondary N) is 1. The van der Waals surface area contributed by atoms with Crippen molar-refractivity contribution in [1.82, 2.24) is 4.90 Å². The Morgan fingerprint density at radius 2 is 1.78 bits per heavy atom. The van der Waals surface area contributed by atoms with E-state index in [9.17, 15) is 37.7 Å². The van der Waals surface area contributed by atoms with E-state index in [-0.39, 0.29) is 16.2 Å². The maximum absolute atomic E-state index is 13.0. The van der Waals surface area contributed by atoms with Crippen LogP contribution in [-0.4, -0.2) is 40.0 Å². The van der Waals surface area contributed by atoms with Crippen LogP contribution in [0.15, 0.2) is 71.6 Å². The molecule has 3 aromatic rings. The smallest absolute Gasteiger partial charge is 0.416 e. The predicted molar refractivity (Wildman–Crippen MR) is 144 cm³/mol. The van der Waals surface area contributed by atoms with Crippen LogP contribution in [0.1, 0.15) is 18.1 Å². The summed E-state index contributed by atoms with van der Waals surface area (Å²) < 4.78 is 50.0. The first-order valence-corrected chi connectivity index (χ1v) is 12.7. The van der Waals surface area contributed by atoms with Gasteiger partial charge in [0.15, 0.2) is 0 Å². The fourth-order valence-corrected chi connectivity index (χ4v) is 4.49. The first kappa shape index (κ1) is 29.1. The third-order valence-electron chi connectivity index (χ3n) is 5.53. The number of ether oxygens (including phenoxy) is 2. The van der Waals surface area contributed by atoms with Gasteiger partial charge in [0.25, 0.3) is 11.1 Å². The lowest BCUT2D eigenvalue weighted by molar-refractivity contribution is -0.385. The van der Waals surface area contributed by atoms with Crippen molar-refractivity contribution in [2.75, 3.05) is 18.5 Å². The molecule has 4 rings (SSSR count). The quantitative estimate of drug-likeness (QED) is 0.171. The number of nitro groups is 1. The van der Waals surface area contributed by atoms with Crippen molar-refractivity contribution in [3.05, 3.63) is 92.9 Å². The molecular weight excluding hydrogens is 567 g/mol. The second kappa shape index (κ2) is 12.1. The van der Waals surface area contributed by atoms with Crippen molar-refractivity contribution < 1.29 is 42.0 Å². The summed E-state index contributed by atoms with van der Waals surface area (Å²) in [5.41, 5.74) is -1.48. The lowest BCUT2D eigenvalue weighted by Gasteiger charge is -2.13. The second-order valence-corrected chi connectivity index (χ2v) is 9.34. The Morgan fingerprint density at radius 1 is 1.07 bits per heavy atom. The maximum Gasteiger partial charge on any atom is 0.416 e.